The predicted octanol–water partition coefficient (Wildman–Crippen LogP) is 3.47. The van der Waals surface area contributed by atoms with Gasteiger partial charge in [0.1, 0.15) is 5.69 Å². The lowest BCUT2D eigenvalue weighted by atomic mass is 10.1. The molecule has 7 heteroatoms. The van der Waals surface area contributed by atoms with E-state index in [-0.39, 0.29) is 5.11 Å². The van der Waals surface area contributed by atoms with Crippen LogP contribution in [0.25, 0.3) is 16.9 Å². The molecule has 0 aliphatic rings. The SMILES string of the molecule is NC(=S)NN=Cc1cn(-c2ccccc2)nc1-c1ccc(Br)cc1. The van der Waals surface area contributed by atoms with Crippen molar-refractivity contribution in [3.8, 4) is 16.9 Å². The molecule has 0 saturated carbocycles. The molecule has 3 N–H and O–H groups in total. The van der Waals surface area contributed by atoms with Gasteiger partial charge in [0, 0.05) is 21.8 Å². The van der Waals surface area contributed by atoms with Gasteiger partial charge in [-0.25, -0.2) is 4.68 Å². The highest BCUT2D eigenvalue weighted by Gasteiger charge is 2.11. The van der Waals surface area contributed by atoms with Crippen LogP contribution < -0.4 is 11.2 Å². The Kier molecular flexibility index (Phi) is 5.02. The summed E-state index contributed by atoms with van der Waals surface area (Å²) in [5, 5.41) is 8.86. The number of rotatable bonds is 4. The second-order valence-electron chi connectivity index (χ2n) is 4.95. The number of hydrogen-bond donors (Lipinski definition) is 2. The first kappa shape index (κ1) is 16.4. The predicted molar refractivity (Wildman–Crippen MR) is 104 cm³/mol. The van der Waals surface area contributed by atoms with Crippen molar-refractivity contribution in [1.29, 1.82) is 0 Å². The average molecular weight is 400 g/mol. The number of nitrogens with two attached hydrogens (primary N) is 1. The van der Waals surface area contributed by atoms with Crippen molar-refractivity contribution >= 4 is 39.5 Å². The minimum atomic E-state index is 0.117. The minimum absolute atomic E-state index is 0.117. The number of aromatic nitrogens is 2. The van der Waals surface area contributed by atoms with Crippen molar-refractivity contribution < 1.29 is 0 Å². The highest BCUT2D eigenvalue weighted by atomic mass is 79.9. The molecular formula is C17H14BrN5S. The van der Waals surface area contributed by atoms with Crippen molar-refractivity contribution in [2.24, 2.45) is 10.8 Å². The summed E-state index contributed by atoms with van der Waals surface area (Å²) >= 11 is 8.21. The third kappa shape index (κ3) is 3.87. The smallest absolute Gasteiger partial charge is 0.184 e. The van der Waals surface area contributed by atoms with Gasteiger partial charge in [0.2, 0.25) is 0 Å². The molecule has 120 valence electrons. The average Bonchev–Trinajstić information content (AvgIpc) is 3.00. The number of para-hydroxylation sites is 1. The van der Waals surface area contributed by atoms with Crippen LogP contribution in [0.4, 0.5) is 0 Å². The standard InChI is InChI=1S/C17H14BrN5S/c18-14-8-6-12(7-9-14)16-13(10-20-21-17(19)24)11-23(22-16)15-4-2-1-3-5-15/h1-11H,(H3,19,21,24). The molecule has 0 amide bonds. The van der Waals surface area contributed by atoms with Crippen molar-refractivity contribution in [2.45, 2.75) is 0 Å². The number of hydrazone groups is 1. The molecule has 24 heavy (non-hydrogen) atoms. The number of halogens is 1. The first-order chi connectivity index (χ1) is 11.6. The van der Waals surface area contributed by atoms with Gasteiger partial charge < -0.3 is 5.73 Å². The molecular weight excluding hydrogens is 386 g/mol. The number of nitrogens with zero attached hydrogens (tertiary/aromatic N) is 3. The third-order valence-electron chi connectivity index (χ3n) is 3.26. The molecule has 0 aliphatic carbocycles. The van der Waals surface area contributed by atoms with E-state index in [1.54, 1.807) is 6.21 Å². The minimum Gasteiger partial charge on any atom is -0.375 e. The number of benzene rings is 2. The molecule has 0 bridgehead atoms. The lowest BCUT2D eigenvalue weighted by Crippen LogP contribution is -2.24. The Morgan fingerprint density at radius 3 is 2.54 bits per heavy atom. The first-order valence-corrected chi connectivity index (χ1v) is 8.33. The summed E-state index contributed by atoms with van der Waals surface area (Å²) in [5.41, 5.74) is 11.6. The topological polar surface area (TPSA) is 68.2 Å². The van der Waals surface area contributed by atoms with Gasteiger partial charge in [-0.3, -0.25) is 5.43 Å². The summed E-state index contributed by atoms with van der Waals surface area (Å²) in [6, 6.07) is 17.9. The van der Waals surface area contributed by atoms with Crippen molar-refractivity contribution in [2.75, 3.05) is 0 Å². The van der Waals surface area contributed by atoms with Gasteiger partial charge in [0.05, 0.1) is 11.9 Å². The van der Waals surface area contributed by atoms with Crippen LogP contribution in [0.2, 0.25) is 0 Å². The molecule has 0 unspecified atom stereocenters. The highest BCUT2D eigenvalue weighted by molar-refractivity contribution is 9.10. The van der Waals surface area contributed by atoms with E-state index in [9.17, 15) is 0 Å². The van der Waals surface area contributed by atoms with Gasteiger partial charge in [-0.15, -0.1) is 0 Å². The molecule has 0 atom stereocenters. The van der Waals surface area contributed by atoms with Crippen LogP contribution in [0.5, 0.6) is 0 Å². The molecule has 0 spiro atoms. The van der Waals surface area contributed by atoms with Gasteiger partial charge in [-0.05, 0) is 36.5 Å². The summed E-state index contributed by atoms with van der Waals surface area (Å²) < 4.78 is 2.83. The summed E-state index contributed by atoms with van der Waals surface area (Å²) in [5.74, 6) is 0. The quantitative estimate of drug-likeness (QED) is 0.400. The van der Waals surface area contributed by atoms with Crippen LogP contribution in [0, 0.1) is 0 Å². The maximum atomic E-state index is 5.40. The van der Waals surface area contributed by atoms with Crippen molar-refractivity contribution in [3.63, 3.8) is 0 Å². The summed E-state index contributed by atoms with van der Waals surface area (Å²) in [7, 11) is 0. The number of thiocarbonyl (C=S) groups is 1. The molecule has 1 aromatic heterocycles. The highest BCUT2D eigenvalue weighted by Crippen LogP contribution is 2.24. The van der Waals surface area contributed by atoms with Gasteiger partial charge in [0.25, 0.3) is 0 Å². The molecule has 0 aliphatic heterocycles. The first-order valence-electron chi connectivity index (χ1n) is 7.13. The normalized spacial score (nSPS) is 10.9. The van der Waals surface area contributed by atoms with Crippen LogP contribution in [-0.4, -0.2) is 21.1 Å². The fourth-order valence-electron chi connectivity index (χ4n) is 2.19. The van der Waals surface area contributed by atoms with Crippen LogP contribution >= 0.6 is 28.1 Å². The second kappa shape index (κ2) is 7.37. The molecule has 2 aromatic carbocycles. The Bertz CT molecular complexity index is 872. The Balaban J connectivity index is 2.04. The van der Waals surface area contributed by atoms with Crippen molar-refractivity contribution in [3.05, 3.63) is 70.8 Å². The molecule has 3 rings (SSSR count). The molecule has 3 aromatic rings. The van der Waals surface area contributed by atoms with E-state index in [0.717, 1.165) is 27.0 Å². The monoisotopic (exact) mass is 399 g/mol. The maximum absolute atomic E-state index is 5.40. The van der Waals surface area contributed by atoms with Gasteiger partial charge in [-0.1, -0.05) is 46.3 Å². The molecule has 5 nitrogen and oxygen atoms in total. The molecule has 1 heterocycles. The van der Waals surface area contributed by atoms with Crippen LogP contribution in [0.3, 0.4) is 0 Å². The Hall–Kier alpha value is -2.51. The van der Waals surface area contributed by atoms with Gasteiger partial charge in [0.15, 0.2) is 5.11 Å². The lowest BCUT2D eigenvalue weighted by molar-refractivity contribution is 0.884. The number of nitrogens with one attached hydrogen (secondary N) is 1. The Morgan fingerprint density at radius 2 is 1.88 bits per heavy atom. The summed E-state index contributed by atoms with van der Waals surface area (Å²) in [6.45, 7) is 0. The van der Waals surface area contributed by atoms with Gasteiger partial charge >= 0.3 is 0 Å². The van der Waals surface area contributed by atoms with E-state index in [4.69, 9.17) is 23.1 Å². The van der Waals surface area contributed by atoms with Gasteiger partial charge in [-0.2, -0.15) is 10.2 Å². The zero-order valence-corrected chi connectivity index (χ0v) is 15.0. The van der Waals surface area contributed by atoms with Crippen LogP contribution in [-0.2, 0) is 0 Å². The van der Waals surface area contributed by atoms with Crippen LogP contribution in [0.1, 0.15) is 5.56 Å². The van der Waals surface area contributed by atoms with E-state index in [1.807, 2.05) is 65.5 Å². The zero-order chi connectivity index (χ0) is 16.9. The fraction of sp³-hybridized carbons (Fsp3) is 0. The summed E-state index contributed by atoms with van der Waals surface area (Å²) in [6.07, 6.45) is 3.57. The molecule has 0 saturated heterocycles. The number of hydrogen-bond acceptors (Lipinski definition) is 3. The third-order valence-corrected chi connectivity index (χ3v) is 3.88. The maximum Gasteiger partial charge on any atom is 0.184 e. The summed E-state index contributed by atoms with van der Waals surface area (Å²) in [4.78, 5) is 0. The Morgan fingerprint density at radius 1 is 1.17 bits per heavy atom. The van der Waals surface area contributed by atoms with E-state index in [2.05, 4.69) is 26.5 Å². The Labute approximate surface area is 153 Å². The van der Waals surface area contributed by atoms with Crippen molar-refractivity contribution in [1.82, 2.24) is 15.2 Å². The van der Waals surface area contributed by atoms with E-state index >= 15 is 0 Å². The molecule has 0 fully saturated rings. The van der Waals surface area contributed by atoms with E-state index < -0.39 is 0 Å². The second-order valence-corrected chi connectivity index (χ2v) is 6.31. The van der Waals surface area contributed by atoms with E-state index in [0.29, 0.717) is 0 Å². The largest absolute Gasteiger partial charge is 0.375 e. The lowest BCUT2D eigenvalue weighted by Gasteiger charge is -2.00. The molecule has 0 radical (unpaired) electrons. The fourth-order valence-corrected chi connectivity index (χ4v) is 2.51. The van der Waals surface area contributed by atoms with E-state index in [1.165, 1.54) is 0 Å². The zero-order valence-electron chi connectivity index (χ0n) is 12.6. The van der Waals surface area contributed by atoms with Crippen LogP contribution in [0.15, 0.2) is 70.4 Å².